The van der Waals surface area contributed by atoms with Crippen molar-refractivity contribution in [2.75, 3.05) is 13.7 Å². The maximum atomic E-state index is 11.6. The van der Waals surface area contributed by atoms with Gasteiger partial charge in [-0.1, -0.05) is 53.8 Å². The van der Waals surface area contributed by atoms with Crippen LogP contribution in [0.25, 0.3) is 0 Å². The molecule has 0 aliphatic heterocycles. The molecular weight excluding hydrogens is 344 g/mol. The SMILES string of the molecule is COC(=O)c1cc(C#CCNC(=O)OCc2ccccc2)cnc1Cl. The number of esters is 1. The number of alkyl carbamates (subject to hydrolysis) is 1. The lowest BCUT2D eigenvalue weighted by Crippen LogP contribution is -2.24. The smallest absolute Gasteiger partial charge is 0.408 e. The topological polar surface area (TPSA) is 77.5 Å². The van der Waals surface area contributed by atoms with Crippen molar-refractivity contribution in [3.8, 4) is 11.8 Å². The van der Waals surface area contributed by atoms with Crippen molar-refractivity contribution in [1.82, 2.24) is 10.3 Å². The predicted molar refractivity (Wildman–Crippen MR) is 92.1 cm³/mol. The number of aromatic nitrogens is 1. The molecule has 7 heteroatoms. The van der Waals surface area contributed by atoms with Gasteiger partial charge >= 0.3 is 12.1 Å². The number of benzene rings is 1. The van der Waals surface area contributed by atoms with Crippen LogP contribution in [0.2, 0.25) is 5.15 Å². The van der Waals surface area contributed by atoms with E-state index in [1.807, 2.05) is 30.3 Å². The number of amides is 1. The van der Waals surface area contributed by atoms with E-state index in [2.05, 4.69) is 26.9 Å². The van der Waals surface area contributed by atoms with Gasteiger partial charge < -0.3 is 14.8 Å². The van der Waals surface area contributed by atoms with Crippen LogP contribution in [0.15, 0.2) is 42.6 Å². The number of methoxy groups -OCH3 is 1. The van der Waals surface area contributed by atoms with Gasteiger partial charge in [0.1, 0.15) is 11.8 Å². The van der Waals surface area contributed by atoms with Crippen LogP contribution in [0.4, 0.5) is 4.79 Å². The molecule has 0 radical (unpaired) electrons. The maximum absolute atomic E-state index is 11.6. The highest BCUT2D eigenvalue weighted by Gasteiger charge is 2.11. The Labute approximate surface area is 150 Å². The summed E-state index contributed by atoms with van der Waals surface area (Å²) in [6.45, 7) is 0.271. The highest BCUT2D eigenvalue weighted by Crippen LogP contribution is 2.14. The molecule has 0 aliphatic carbocycles. The Balaban J connectivity index is 1.84. The van der Waals surface area contributed by atoms with Gasteiger partial charge in [-0.15, -0.1) is 0 Å². The first-order valence-electron chi connectivity index (χ1n) is 7.27. The zero-order valence-electron chi connectivity index (χ0n) is 13.4. The molecule has 25 heavy (non-hydrogen) atoms. The van der Waals surface area contributed by atoms with Crippen LogP contribution in [0.1, 0.15) is 21.5 Å². The van der Waals surface area contributed by atoms with Crippen LogP contribution >= 0.6 is 11.6 Å². The molecule has 0 bridgehead atoms. The Bertz CT molecular complexity index is 813. The largest absolute Gasteiger partial charge is 0.465 e. The molecule has 128 valence electrons. The zero-order valence-corrected chi connectivity index (χ0v) is 14.2. The lowest BCUT2D eigenvalue weighted by atomic mass is 10.2. The van der Waals surface area contributed by atoms with Gasteiger partial charge in [-0.2, -0.15) is 0 Å². The van der Waals surface area contributed by atoms with E-state index in [1.54, 1.807) is 0 Å². The van der Waals surface area contributed by atoms with Crippen LogP contribution in [-0.2, 0) is 16.1 Å². The van der Waals surface area contributed by atoms with Crippen molar-refractivity contribution >= 4 is 23.7 Å². The fraction of sp³-hybridized carbons (Fsp3) is 0.167. The van der Waals surface area contributed by atoms with Gasteiger partial charge in [-0.25, -0.2) is 14.6 Å². The Morgan fingerprint density at radius 3 is 2.76 bits per heavy atom. The molecule has 1 aromatic heterocycles. The second-order valence-corrected chi connectivity index (χ2v) is 5.13. The normalized spacial score (nSPS) is 9.52. The first-order chi connectivity index (χ1) is 12.1. The Kier molecular flexibility index (Phi) is 6.81. The molecule has 0 fully saturated rings. The number of rotatable bonds is 4. The number of pyridine rings is 1. The Hall–Kier alpha value is -3.04. The van der Waals surface area contributed by atoms with Crippen molar-refractivity contribution < 1.29 is 19.1 Å². The van der Waals surface area contributed by atoms with Crippen LogP contribution in [-0.4, -0.2) is 30.7 Å². The van der Waals surface area contributed by atoms with Gasteiger partial charge in [-0.3, -0.25) is 0 Å². The second kappa shape index (κ2) is 9.30. The number of ether oxygens (including phenoxy) is 2. The maximum Gasteiger partial charge on any atom is 0.408 e. The predicted octanol–water partition coefficient (Wildman–Crippen LogP) is 2.80. The van der Waals surface area contributed by atoms with E-state index in [9.17, 15) is 9.59 Å². The lowest BCUT2D eigenvalue weighted by Gasteiger charge is -2.04. The zero-order chi connectivity index (χ0) is 18.1. The van der Waals surface area contributed by atoms with Crippen molar-refractivity contribution in [3.63, 3.8) is 0 Å². The van der Waals surface area contributed by atoms with E-state index in [0.717, 1.165) is 5.56 Å². The lowest BCUT2D eigenvalue weighted by molar-refractivity contribution is 0.0600. The van der Waals surface area contributed by atoms with Crippen LogP contribution in [0, 0.1) is 11.8 Å². The van der Waals surface area contributed by atoms with E-state index < -0.39 is 12.1 Å². The van der Waals surface area contributed by atoms with Crippen LogP contribution < -0.4 is 5.32 Å². The standard InChI is InChI=1S/C18H15ClN2O4/c1-24-17(22)15-10-14(11-21-16(15)19)8-5-9-20-18(23)25-12-13-6-3-2-4-7-13/h2-4,6-7,10-11H,9,12H2,1H3,(H,20,23). The van der Waals surface area contributed by atoms with Gasteiger partial charge in [-0.05, 0) is 11.6 Å². The van der Waals surface area contributed by atoms with Gasteiger partial charge in [0.15, 0.2) is 0 Å². The third-order valence-corrected chi connectivity index (χ3v) is 3.31. The van der Waals surface area contributed by atoms with Crippen LogP contribution in [0.3, 0.4) is 0 Å². The summed E-state index contributed by atoms with van der Waals surface area (Å²) in [4.78, 5) is 27.0. The molecule has 2 aromatic rings. The summed E-state index contributed by atoms with van der Waals surface area (Å²) < 4.78 is 9.66. The molecule has 0 saturated heterocycles. The third kappa shape index (κ3) is 5.83. The third-order valence-electron chi connectivity index (χ3n) is 3.01. The quantitative estimate of drug-likeness (QED) is 0.516. The monoisotopic (exact) mass is 358 g/mol. The number of hydrogen-bond acceptors (Lipinski definition) is 5. The summed E-state index contributed by atoms with van der Waals surface area (Å²) in [6, 6.07) is 10.8. The van der Waals surface area contributed by atoms with E-state index in [0.29, 0.717) is 5.56 Å². The minimum absolute atomic E-state index is 0.0417. The molecule has 1 aromatic carbocycles. The Morgan fingerprint density at radius 2 is 2.04 bits per heavy atom. The fourth-order valence-electron chi connectivity index (χ4n) is 1.81. The average molecular weight is 359 g/mol. The molecule has 0 saturated carbocycles. The number of hydrogen-bond donors (Lipinski definition) is 1. The number of nitrogens with zero attached hydrogens (tertiary/aromatic N) is 1. The first-order valence-corrected chi connectivity index (χ1v) is 7.65. The van der Waals surface area contributed by atoms with Crippen molar-refractivity contribution in [2.24, 2.45) is 0 Å². The van der Waals surface area contributed by atoms with Gasteiger partial charge in [0, 0.05) is 11.8 Å². The molecular formula is C18H15ClN2O4. The molecule has 2 rings (SSSR count). The molecule has 0 spiro atoms. The van der Waals surface area contributed by atoms with E-state index in [-0.39, 0.29) is 23.9 Å². The molecule has 6 nitrogen and oxygen atoms in total. The molecule has 1 heterocycles. The number of carbonyl (C=O) groups is 2. The summed E-state index contributed by atoms with van der Waals surface area (Å²) in [5.74, 6) is 4.91. The van der Waals surface area contributed by atoms with E-state index in [4.69, 9.17) is 16.3 Å². The molecule has 0 atom stereocenters. The summed E-state index contributed by atoms with van der Waals surface area (Å²) in [5.41, 5.74) is 1.50. The van der Waals surface area contributed by atoms with Gasteiger partial charge in [0.2, 0.25) is 0 Å². The summed E-state index contributed by atoms with van der Waals surface area (Å²) in [7, 11) is 1.25. The Morgan fingerprint density at radius 1 is 1.28 bits per heavy atom. The summed E-state index contributed by atoms with van der Waals surface area (Å²) in [6.07, 6.45) is 0.859. The molecule has 1 amide bonds. The van der Waals surface area contributed by atoms with Crippen molar-refractivity contribution in [3.05, 3.63) is 64.4 Å². The fourth-order valence-corrected chi connectivity index (χ4v) is 1.99. The highest BCUT2D eigenvalue weighted by atomic mass is 35.5. The minimum Gasteiger partial charge on any atom is -0.465 e. The number of halogens is 1. The number of nitrogens with one attached hydrogen (secondary N) is 1. The number of carbonyl (C=O) groups excluding carboxylic acids is 2. The van der Waals surface area contributed by atoms with Crippen molar-refractivity contribution in [2.45, 2.75) is 6.61 Å². The highest BCUT2D eigenvalue weighted by molar-refractivity contribution is 6.32. The van der Waals surface area contributed by atoms with E-state index in [1.165, 1.54) is 19.4 Å². The molecule has 1 N–H and O–H groups in total. The molecule has 0 aliphatic rings. The molecule has 0 unspecified atom stereocenters. The van der Waals surface area contributed by atoms with E-state index >= 15 is 0 Å². The summed E-state index contributed by atoms with van der Waals surface area (Å²) >= 11 is 5.82. The van der Waals surface area contributed by atoms with Crippen molar-refractivity contribution in [1.29, 1.82) is 0 Å². The minimum atomic E-state index is -0.594. The van der Waals surface area contributed by atoms with Gasteiger partial charge in [0.25, 0.3) is 0 Å². The first kappa shape index (κ1) is 18.3. The van der Waals surface area contributed by atoms with Crippen LogP contribution in [0.5, 0.6) is 0 Å². The second-order valence-electron chi connectivity index (χ2n) is 4.77. The summed E-state index contributed by atoms with van der Waals surface area (Å²) in [5, 5.41) is 2.55. The van der Waals surface area contributed by atoms with Gasteiger partial charge in [0.05, 0.1) is 19.2 Å². The average Bonchev–Trinajstić information content (AvgIpc) is 2.65.